The predicted octanol–water partition coefficient (Wildman–Crippen LogP) is 0.977. The molecule has 3 atom stereocenters. The number of phosphoric acid groups is 1. The van der Waals surface area contributed by atoms with E-state index in [4.69, 9.17) is 20.3 Å². The van der Waals surface area contributed by atoms with Crippen LogP contribution in [-0.4, -0.2) is 59.9 Å². The fourth-order valence-electron chi connectivity index (χ4n) is 1.73. The zero-order chi connectivity index (χ0) is 20.9. The van der Waals surface area contributed by atoms with Gasteiger partial charge in [0, 0.05) is 13.3 Å². The third kappa shape index (κ3) is 14.2. The first-order valence-corrected chi connectivity index (χ1v) is 10.00. The van der Waals surface area contributed by atoms with Crippen LogP contribution in [0.5, 0.6) is 0 Å². The molecule has 0 saturated carbocycles. The second kappa shape index (κ2) is 13.6. The van der Waals surface area contributed by atoms with Gasteiger partial charge in [0.25, 0.3) is 0 Å². The molecule has 0 fully saturated rings. The fourth-order valence-corrected chi connectivity index (χ4v) is 2.51. The Morgan fingerprint density at radius 1 is 1.07 bits per heavy atom. The van der Waals surface area contributed by atoms with Gasteiger partial charge in [0.15, 0.2) is 6.10 Å². The Kier molecular flexibility index (Phi) is 12.9. The van der Waals surface area contributed by atoms with Gasteiger partial charge in [0.2, 0.25) is 0 Å². The lowest BCUT2D eigenvalue weighted by molar-refractivity contribution is -0.160. The lowest BCUT2D eigenvalue weighted by Crippen LogP contribution is -2.34. The van der Waals surface area contributed by atoms with Crippen molar-refractivity contribution in [2.75, 3.05) is 19.8 Å². The molecule has 0 rings (SSSR count). The quantitative estimate of drug-likeness (QED) is 0.198. The van der Waals surface area contributed by atoms with Crippen LogP contribution in [0.15, 0.2) is 0 Å². The summed E-state index contributed by atoms with van der Waals surface area (Å²) in [6.07, 6.45) is 2.51. The van der Waals surface area contributed by atoms with E-state index in [1.54, 1.807) is 0 Å². The molecule has 0 aliphatic rings. The van der Waals surface area contributed by atoms with Crippen molar-refractivity contribution in [3.63, 3.8) is 0 Å². The maximum Gasteiger partial charge on any atom is 0.472 e. The summed E-state index contributed by atoms with van der Waals surface area (Å²) in [5.41, 5.74) is 5.16. The molecule has 0 spiro atoms. The number of phosphoric ester groups is 1. The van der Waals surface area contributed by atoms with Gasteiger partial charge in [-0.1, -0.05) is 26.2 Å². The van der Waals surface area contributed by atoms with Gasteiger partial charge < -0.3 is 25.2 Å². The number of nitrogens with two attached hydrogens (primary N) is 1. The van der Waals surface area contributed by atoms with Crippen LogP contribution in [0.2, 0.25) is 0 Å². The van der Waals surface area contributed by atoms with E-state index in [0.717, 1.165) is 26.2 Å². The maximum atomic E-state index is 11.8. The van der Waals surface area contributed by atoms with Crippen molar-refractivity contribution in [1.82, 2.24) is 0 Å². The summed E-state index contributed by atoms with van der Waals surface area (Å²) in [6.45, 7) is 1.46. The molecule has 3 unspecified atom stereocenters. The van der Waals surface area contributed by atoms with E-state index < -0.39 is 51.1 Å². The lowest BCUT2D eigenvalue weighted by Gasteiger charge is -2.20. The molecule has 0 saturated heterocycles. The first-order chi connectivity index (χ1) is 12.6. The van der Waals surface area contributed by atoms with Crippen LogP contribution in [0.25, 0.3) is 0 Å². The highest BCUT2D eigenvalue weighted by molar-refractivity contribution is 7.47. The maximum absolute atomic E-state index is 11.8. The highest BCUT2D eigenvalue weighted by Gasteiger charge is 2.27. The third-order valence-electron chi connectivity index (χ3n) is 3.16. The normalized spacial score (nSPS) is 15.4. The monoisotopic (exact) mass is 413 g/mol. The molecule has 0 aliphatic carbocycles. The Hall–Kier alpha value is -1.52. The van der Waals surface area contributed by atoms with Crippen molar-refractivity contribution in [2.24, 2.45) is 5.73 Å². The van der Waals surface area contributed by atoms with Crippen molar-refractivity contribution in [3.8, 4) is 0 Å². The minimum atomic E-state index is -4.64. The summed E-state index contributed by atoms with van der Waals surface area (Å²) in [6, 6.07) is -1.51. The van der Waals surface area contributed by atoms with Gasteiger partial charge in [0.1, 0.15) is 12.6 Å². The van der Waals surface area contributed by atoms with Crippen LogP contribution in [0, 0.1) is 0 Å². The van der Waals surface area contributed by atoms with Gasteiger partial charge in [0.05, 0.1) is 13.2 Å². The molecule has 0 heterocycles. The standard InChI is InChI=1S/C15H28NO10P/c1-3-4-5-6-7-14(18)26-12(8-23-11(2)17)9-24-27(21,22)25-10-13(16)15(19)20/h12-13H,3-10,16H2,1-2H3,(H,19,20)(H,21,22). The van der Waals surface area contributed by atoms with Crippen LogP contribution < -0.4 is 5.73 Å². The van der Waals surface area contributed by atoms with Crippen LogP contribution in [-0.2, 0) is 37.5 Å². The molecule has 11 nitrogen and oxygen atoms in total. The van der Waals surface area contributed by atoms with Gasteiger partial charge in [-0.3, -0.25) is 23.4 Å². The molecule has 158 valence electrons. The Bertz CT molecular complexity index is 527. The summed E-state index contributed by atoms with van der Waals surface area (Å²) in [5.74, 6) is -2.61. The number of rotatable bonds is 15. The number of hydrogen-bond acceptors (Lipinski definition) is 9. The van der Waals surface area contributed by atoms with Crippen LogP contribution in [0.1, 0.15) is 46.0 Å². The zero-order valence-electron chi connectivity index (χ0n) is 15.5. The SMILES string of the molecule is CCCCCCC(=O)OC(COC(C)=O)COP(=O)(O)OCC(N)C(=O)O. The molecule has 0 amide bonds. The van der Waals surface area contributed by atoms with Crippen molar-refractivity contribution in [2.45, 2.75) is 58.1 Å². The molecule has 12 heteroatoms. The summed E-state index contributed by atoms with van der Waals surface area (Å²) >= 11 is 0. The summed E-state index contributed by atoms with van der Waals surface area (Å²) < 4.78 is 30.7. The van der Waals surface area contributed by atoms with Crippen molar-refractivity contribution in [3.05, 3.63) is 0 Å². The number of carbonyl (C=O) groups excluding carboxylic acids is 2. The van der Waals surface area contributed by atoms with E-state index in [1.807, 2.05) is 6.92 Å². The molecule has 27 heavy (non-hydrogen) atoms. The predicted molar refractivity (Wildman–Crippen MR) is 92.6 cm³/mol. The summed E-state index contributed by atoms with van der Waals surface area (Å²) in [4.78, 5) is 42.8. The first-order valence-electron chi connectivity index (χ1n) is 8.50. The van der Waals surface area contributed by atoms with E-state index >= 15 is 0 Å². The number of hydrogen-bond donors (Lipinski definition) is 3. The largest absolute Gasteiger partial charge is 0.480 e. The minimum absolute atomic E-state index is 0.150. The Morgan fingerprint density at radius 3 is 2.26 bits per heavy atom. The minimum Gasteiger partial charge on any atom is -0.480 e. The van der Waals surface area contributed by atoms with E-state index in [2.05, 4.69) is 9.05 Å². The van der Waals surface area contributed by atoms with E-state index in [1.165, 1.54) is 0 Å². The number of carboxylic acid groups (broad SMARTS) is 1. The molecule has 4 N–H and O–H groups in total. The van der Waals surface area contributed by atoms with Crippen molar-refractivity contribution >= 4 is 25.7 Å². The third-order valence-corrected chi connectivity index (χ3v) is 4.11. The molecule has 0 aromatic rings. The van der Waals surface area contributed by atoms with Gasteiger partial charge in [-0.05, 0) is 6.42 Å². The van der Waals surface area contributed by atoms with Crippen molar-refractivity contribution in [1.29, 1.82) is 0 Å². The smallest absolute Gasteiger partial charge is 0.472 e. The average Bonchev–Trinajstić information content (AvgIpc) is 2.58. The molecule has 0 radical (unpaired) electrons. The van der Waals surface area contributed by atoms with Crippen molar-refractivity contribution < 1.29 is 47.5 Å². The average molecular weight is 413 g/mol. The zero-order valence-corrected chi connectivity index (χ0v) is 16.4. The summed E-state index contributed by atoms with van der Waals surface area (Å²) in [7, 11) is -4.64. The topological polar surface area (TPSA) is 172 Å². The van der Waals surface area contributed by atoms with Gasteiger partial charge in [-0.25, -0.2) is 4.57 Å². The number of esters is 2. The number of carbonyl (C=O) groups is 3. The Labute approximate surface area is 157 Å². The van der Waals surface area contributed by atoms with Crippen LogP contribution >= 0.6 is 7.82 Å². The second-order valence-electron chi connectivity index (χ2n) is 5.73. The van der Waals surface area contributed by atoms with E-state index in [0.29, 0.717) is 6.42 Å². The van der Waals surface area contributed by atoms with Gasteiger partial charge in [-0.15, -0.1) is 0 Å². The molecule has 0 aromatic carbocycles. The Balaban J connectivity index is 4.52. The molecular weight excluding hydrogens is 385 g/mol. The van der Waals surface area contributed by atoms with Gasteiger partial charge in [-0.2, -0.15) is 0 Å². The number of ether oxygens (including phenoxy) is 2. The number of aliphatic carboxylic acids is 1. The molecule has 0 aliphatic heterocycles. The van der Waals surface area contributed by atoms with Crippen LogP contribution in [0.3, 0.4) is 0 Å². The fraction of sp³-hybridized carbons (Fsp3) is 0.800. The Morgan fingerprint density at radius 2 is 1.70 bits per heavy atom. The highest BCUT2D eigenvalue weighted by Crippen LogP contribution is 2.43. The van der Waals surface area contributed by atoms with E-state index in [-0.39, 0.29) is 13.0 Å². The first kappa shape index (κ1) is 25.5. The number of unbranched alkanes of at least 4 members (excludes halogenated alkanes) is 3. The van der Waals surface area contributed by atoms with E-state index in [9.17, 15) is 23.8 Å². The second-order valence-corrected chi connectivity index (χ2v) is 7.18. The number of carboxylic acids is 1. The molecule has 0 aromatic heterocycles. The molecular formula is C15H28NO10P. The highest BCUT2D eigenvalue weighted by atomic mass is 31.2. The summed E-state index contributed by atoms with van der Waals surface area (Å²) in [5, 5.41) is 8.60. The lowest BCUT2D eigenvalue weighted by atomic mass is 10.1. The van der Waals surface area contributed by atoms with Gasteiger partial charge >= 0.3 is 25.7 Å². The molecule has 0 bridgehead atoms. The van der Waals surface area contributed by atoms with Crippen LogP contribution in [0.4, 0.5) is 0 Å².